The van der Waals surface area contributed by atoms with Crippen molar-refractivity contribution in [2.45, 2.75) is 56.8 Å². The fourth-order valence-corrected chi connectivity index (χ4v) is 4.32. The van der Waals surface area contributed by atoms with E-state index >= 15 is 0 Å². The van der Waals surface area contributed by atoms with Gasteiger partial charge < -0.3 is 24.8 Å². The van der Waals surface area contributed by atoms with Crippen LogP contribution in [0, 0.1) is 5.92 Å². The van der Waals surface area contributed by atoms with Gasteiger partial charge in [0.25, 0.3) is 0 Å². The average molecular weight is 434 g/mol. The van der Waals surface area contributed by atoms with Crippen LogP contribution in [0.15, 0.2) is 24.5 Å². The highest BCUT2D eigenvalue weighted by Crippen LogP contribution is 2.36. The summed E-state index contributed by atoms with van der Waals surface area (Å²) in [4.78, 5) is 41.2. The smallest absolute Gasteiger partial charge is 0.305 e. The van der Waals surface area contributed by atoms with Gasteiger partial charge in [0.15, 0.2) is 0 Å². The van der Waals surface area contributed by atoms with Gasteiger partial charge in [-0.05, 0) is 37.3 Å². The number of carboxylic acids is 1. The number of nitrogens with zero attached hydrogens (tertiary/aromatic N) is 2. The van der Waals surface area contributed by atoms with Gasteiger partial charge >= 0.3 is 5.97 Å². The van der Waals surface area contributed by atoms with Crippen LogP contribution in [0.2, 0.25) is 0 Å². The maximum Gasteiger partial charge on any atom is 0.305 e. The second-order valence-electron chi connectivity index (χ2n) is 8.12. The predicted octanol–water partition coefficient (Wildman–Crippen LogP) is 1.54. The number of ether oxygens (including phenoxy) is 2. The number of carbonyl (C=O) groups is 3. The van der Waals surface area contributed by atoms with Gasteiger partial charge in [0.05, 0.1) is 43.8 Å². The lowest BCUT2D eigenvalue weighted by Crippen LogP contribution is -2.37. The summed E-state index contributed by atoms with van der Waals surface area (Å²) in [6.45, 7) is 1.05. The Morgan fingerprint density at radius 1 is 1.19 bits per heavy atom. The summed E-state index contributed by atoms with van der Waals surface area (Å²) in [6.07, 6.45) is 7.22. The molecule has 9 nitrogen and oxygen atoms in total. The van der Waals surface area contributed by atoms with Crippen LogP contribution in [0.4, 0.5) is 0 Å². The Balaban J connectivity index is 1.37. The van der Waals surface area contributed by atoms with Gasteiger partial charge in [-0.1, -0.05) is 6.07 Å². The molecule has 0 aromatic carbocycles. The Bertz CT molecular complexity index is 751. The Morgan fingerprint density at radius 3 is 2.48 bits per heavy atom. The first-order valence-corrected chi connectivity index (χ1v) is 10.8. The number of carboxylic acid groups (broad SMARTS) is 1. The number of hydrogen-bond acceptors (Lipinski definition) is 6. The van der Waals surface area contributed by atoms with Gasteiger partial charge in [-0.2, -0.15) is 0 Å². The summed E-state index contributed by atoms with van der Waals surface area (Å²) >= 11 is 0. The molecule has 31 heavy (non-hydrogen) atoms. The predicted molar refractivity (Wildman–Crippen MR) is 111 cm³/mol. The van der Waals surface area contributed by atoms with Crippen LogP contribution in [-0.4, -0.2) is 71.8 Å². The molecular weight excluding hydrogens is 402 g/mol. The molecule has 2 aliphatic rings. The molecule has 3 rings (SSSR count). The number of hydrogen-bond donors (Lipinski definition) is 2. The van der Waals surface area contributed by atoms with Crippen molar-refractivity contribution in [1.29, 1.82) is 0 Å². The van der Waals surface area contributed by atoms with Crippen LogP contribution in [0.3, 0.4) is 0 Å². The summed E-state index contributed by atoms with van der Waals surface area (Å²) in [7, 11) is 1.72. The number of aliphatic carboxylic acids is 1. The zero-order valence-electron chi connectivity index (χ0n) is 17.9. The van der Waals surface area contributed by atoms with Crippen LogP contribution >= 0.6 is 0 Å². The van der Waals surface area contributed by atoms with E-state index in [4.69, 9.17) is 14.6 Å². The van der Waals surface area contributed by atoms with Gasteiger partial charge in [-0.3, -0.25) is 19.4 Å². The van der Waals surface area contributed by atoms with E-state index in [2.05, 4.69) is 10.3 Å². The molecule has 0 radical (unpaired) electrons. The molecule has 1 aromatic heterocycles. The molecule has 1 aliphatic carbocycles. The highest BCUT2D eigenvalue weighted by molar-refractivity contribution is 5.90. The normalized spacial score (nSPS) is 26.1. The summed E-state index contributed by atoms with van der Waals surface area (Å²) in [5.41, 5.74) is 0.856. The van der Waals surface area contributed by atoms with Crippen molar-refractivity contribution in [1.82, 2.24) is 15.2 Å². The quantitative estimate of drug-likeness (QED) is 0.537. The zero-order valence-corrected chi connectivity index (χ0v) is 17.9. The molecule has 1 aromatic rings. The van der Waals surface area contributed by atoms with Crippen LogP contribution in [0.1, 0.15) is 50.1 Å². The van der Waals surface area contributed by atoms with Gasteiger partial charge in [0.2, 0.25) is 11.8 Å². The van der Waals surface area contributed by atoms with Crippen LogP contribution in [0.5, 0.6) is 0 Å². The molecule has 2 heterocycles. The third kappa shape index (κ3) is 6.48. The van der Waals surface area contributed by atoms with E-state index in [-0.39, 0.29) is 49.5 Å². The number of pyridine rings is 1. The SMILES string of the molecule is CN1C(=O)C[C@H](C(=O)NCCO[C@H]2CC[C@H](OCCC(=O)O)CC2)[C@H]1c1cccnc1. The zero-order chi connectivity index (χ0) is 22.2. The first kappa shape index (κ1) is 23.1. The van der Waals surface area contributed by atoms with Crippen molar-refractivity contribution >= 4 is 17.8 Å². The molecule has 2 fully saturated rings. The van der Waals surface area contributed by atoms with Gasteiger partial charge in [0, 0.05) is 32.4 Å². The van der Waals surface area contributed by atoms with Crippen LogP contribution in [-0.2, 0) is 23.9 Å². The maximum absolute atomic E-state index is 12.7. The molecule has 2 atom stereocenters. The Labute approximate surface area is 182 Å². The lowest BCUT2D eigenvalue weighted by Gasteiger charge is -2.28. The van der Waals surface area contributed by atoms with Crippen molar-refractivity contribution in [3.05, 3.63) is 30.1 Å². The van der Waals surface area contributed by atoms with Gasteiger partial charge in [0.1, 0.15) is 0 Å². The van der Waals surface area contributed by atoms with Crippen LogP contribution < -0.4 is 5.32 Å². The Hall–Kier alpha value is -2.52. The lowest BCUT2D eigenvalue weighted by molar-refractivity contribution is -0.139. The van der Waals surface area contributed by atoms with Crippen molar-refractivity contribution in [2.24, 2.45) is 5.92 Å². The lowest BCUT2D eigenvalue weighted by atomic mass is 9.94. The summed E-state index contributed by atoms with van der Waals surface area (Å²) in [5, 5.41) is 11.6. The molecule has 0 unspecified atom stereocenters. The van der Waals surface area contributed by atoms with E-state index in [0.717, 1.165) is 31.2 Å². The third-order valence-corrected chi connectivity index (χ3v) is 5.99. The molecule has 0 bridgehead atoms. The van der Waals surface area contributed by atoms with E-state index in [1.54, 1.807) is 30.4 Å². The fourth-order valence-electron chi connectivity index (χ4n) is 4.32. The standard InChI is InChI=1S/C22H31N3O6/c1-25-19(26)13-18(21(25)15-3-2-9-23-14-15)22(29)24-10-12-31-17-6-4-16(5-7-17)30-11-8-20(27)28/h2-3,9,14,16-18,21H,4-8,10-13H2,1H3,(H,24,29)(H,27,28)/t16-,17-,18-,21+/m0/s1. The molecular formula is C22H31N3O6. The fraction of sp³-hybridized carbons (Fsp3) is 0.636. The third-order valence-electron chi connectivity index (χ3n) is 5.99. The highest BCUT2D eigenvalue weighted by atomic mass is 16.5. The molecule has 0 spiro atoms. The Kier molecular flexibility index (Phi) is 8.36. The van der Waals surface area contributed by atoms with E-state index in [0.29, 0.717) is 13.2 Å². The monoisotopic (exact) mass is 433 g/mol. The first-order valence-electron chi connectivity index (χ1n) is 10.8. The summed E-state index contributed by atoms with van der Waals surface area (Å²) < 4.78 is 11.5. The number of aromatic nitrogens is 1. The van der Waals surface area contributed by atoms with E-state index in [9.17, 15) is 14.4 Å². The molecule has 9 heteroatoms. The maximum atomic E-state index is 12.7. The van der Waals surface area contributed by atoms with Crippen molar-refractivity contribution < 1.29 is 29.0 Å². The topological polar surface area (TPSA) is 118 Å². The second kappa shape index (κ2) is 11.2. The molecule has 2 N–H and O–H groups in total. The second-order valence-corrected chi connectivity index (χ2v) is 8.12. The highest BCUT2D eigenvalue weighted by Gasteiger charge is 2.42. The first-order chi connectivity index (χ1) is 15.0. The van der Waals surface area contributed by atoms with E-state index in [1.807, 2.05) is 6.07 Å². The number of nitrogens with one attached hydrogen (secondary N) is 1. The molecule has 1 saturated heterocycles. The molecule has 1 saturated carbocycles. The molecule has 2 amide bonds. The Morgan fingerprint density at radius 2 is 1.87 bits per heavy atom. The summed E-state index contributed by atoms with van der Waals surface area (Å²) in [5.74, 6) is -1.49. The van der Waals surface area contributed by atoms with Crippen molar-refractivity contribution in [2.75, 3.05) is 26.8 Å². The largest absolute Gasteiger partial charge is 0.481 e. The number of amides is 2. The minimum Gasteiger partial charge on any atom is -0.481 e. The number of carbonyl (C=O) groups excluding carboxylic acids is 2. The van der Waals surface area contributed by atoms with Crippen LogP contribution in [0.25, 0.3) is 0 Å². The number of likely N-dealkylation sites (tertiary alicyclic amines) is 1. The molecule has 170 valence electrons. The number of rotatable bonds is 10. The molecule has 1 aliphatic heterocycles. The van der Waals surface area contributed by atoms with Gasteiger partial charge in [-0.15, -0.1) is 0 Å². The van der Waals surface area contributed by atoms with E-state index in [1.165, 1.54) is 0 Å². The van der Waals surface area contributed by atoms with Gasteiger partial charge in [-0.25, -0.2) is 0 Å². The van der Waals surface area contributed by atoms with E-state index < -0.39 is 11.9 Å². The van der Waals surface area contributed by atoms with Crippen molar-refractivity contribution in [3.8, 4) is 0 Å². The van der Waals surface area contributed by atoms with Crippen molar-refractivity contribution in [3.63, 3.8) is 0 Å². The average Bonchev–Trinajstić information content (AvgIpc) is 3.07. The summed E-state index contributed by atoms with van der Waals surface area (Å²) in [6, 6.07) is 3.39. The minimum atomic E-state index is -0.848. The minimum absolute atomic E-state index is 0.0279.